The molecular weight excluding hydrogens is 266 g/mol. The summed E-state index contributed by atoms with van der Waals surface area (Å²) in [5, 5.41) is 11.5. The van der Waals surface area contributed by atoms with Crippen LogP contribution in [0.25, 0.3) is 0 Å². The largest absolute Gasteiger partial charge is 0.480 e. The van der Waals surface area contributed by atoms with Crippen LogP contribution in [0.5, 0.6) is 0 Å². The Bertz CT molecular complexity index is 459. The molecule has 0 fully saturated rings. The maximum Gasteiger partial charge on any atom is 0.320 e. The third-order valence-electron chi connectivity index (χ3n) is 2.83. The van der Waals surface area contributed by atoms with Gasteiger partial charge in [-0.1, -0.05) is 0 Å². The Morgan fingerprint density at radius 2 is 2.05 bits per heavy atom. The second-order valence-corrected chi connectivity index (χ2v) is 5.57. The number of thiazole rings is 1. The second-order valence-electron chi connectivity index (χ2n) is 4.63. The Labute approximate surface area is 116 Å². The van der Waals surface area contributed by atoms with E-state index in [4.69, 9.17) is 5.11 Å². The first-order valence-corrected chi connectivity index (χ1v) is 6.75. The van der Waals surface area contributed by atoms with Crippen molar-refractivity contribution in [1.29, 1.82) is 0 Å². The number of carboxylic acids is 1. The molecule has 6 nitrogen and oxygen atoms in total. The van der Waals surface area contributed by atoms with Crippen LogP contribution in [-0.4, -0.2) is 59.0 Å². The fourth-order valence-corrected chi connectivity index (χ4v) is 2.15. The second kappa shape index (κ2) is 6.63. The molecular formula is C12H19N3O3S. The zero-order chi connectivity index (χ0) is 14.6. The summed E-state index contributed by atoms with van der Waals surface area (Å²) in [5.41, 5.74) is 0.794. The molecule has 1 unspecified atom stereocenters. The summed E-state index contributed by atoms with van der Waals surface area (Å²) in [5.74, 6) is -0.853. The summed E-state index contributed by atoms with van der Waals surface area (Å²) in [6.45, 7) is 2.09. The SMILES string of the molecule is CC(C(=O)O)N(C)Cc1csc(CC(=O)N(C)C)n1. The van der Waals surface area contributed by atoms with E-state index in [-0.39, 0.29) is 12.3 Å². The van der Waals surface area contributed by atoms with Crippen LogP contribution in [0.4, 0.5) is 0 Å². The molecule has 0 aliphatic heterocycles. The number of likely N-dealkylation sites (N-methyl/N-ethyl adjacent to an activating group) is 2. The number of nitrogens with zero attached hydrogens (tertiary/aromatic N) is 3. The maximum absolute atomic E-state index is 11.5. The fourth-order valence-electron chi connectivity index (χ4n) is 1.37. The normalized spacial score (nSPS) is 12.5. The van der Waals surface area contributed by atoms with Gasteiger partial charge in [0.25, 0.3) is 0 Å². The molecule has 7 heteroatoms. The third kappa shape index (κ3) is 4.60. The van der Waals surface area contributed by atoms with Gasteiger partial charge < -0.3 is 10.0 Å². The average molecular weight is 285 g/mol. The lowest BCUT2D eigenvalue weighted by molar-refractivity contribution is -0.142. The van der Waals surface area contributed by atoms with Crippen LogP contribution < -0.4 is 0 Å². The third-order valence-corrected chi connectivity index (χ3v) is 3.73. The van der Waals surface area contributed by atoms with E-state index in [9.17, 15) is 9.59 Å². The number of carbonyl (C=O) groups is 2. The van der Waals surface area contributed by atoms with Gasteiger partial charge in [-0.05, 0) is 14.0 Å². The first-order valence-electron chi connectivity index (χ1n) is 5.87. The molecule has 1 aromatic rings. The molecule has 0 saturated heterocycles. The summed E-state index contributed by atoms with van der Waals surface area (Å²) >= 11 is 1.42. The summed E-state index contributed by atoms with van der Waals surface area (Å²) in [7, 11) is 5.15. The van der Waals surface area contributed by atoms with Crippen LogP contribution in [0.15, 0.2) is 5.38 Å². The monoisotopic (exact) mass is 285 g/mol. The van der Waals surface area contributed by atoms with Crippen molar-refractivity contribution in [2.24, 2.45) is 0 Å². The average Bonchev–Trinajstić information content (AvgIpc) is 2.74. The number of aliphatic carboxylic acids is 1. The van der Waals surface area contributed by atoms with Crippen molar-refractivity contribution >= 4 is 23.2 Å². The van der Waals surface area contributed by atoms with Crippen LogP contribution in [-0.2, 0) is 22.6 Å². The quantitative estimate of drug-likeness (QED) is 0.832. The number of hydrogen-bond donors (Lipinski definition) is 1. The van der Waals surface area contributed by atoms with Gasteiger partial charge >= 0.3 is 5.97 Å². The van der Waals surface area contributed by atoms with E-state index in [0.717, 1.165) is 10.7 Å². The molecule has 1 atom stereocenters. The highest BCUT2D eigenvalue weighted by Gasteiger charge is 2.18. The Kier molecular flexibility index (Phi) is 5.44. The van der Waals surface area contributed by atoms with Gasteiger partial charge in [0.1, 0.15) is 11.0 Å². The Balaban J connectivity index is 2.60. The van der Waals surface area contributed by atoms with E-state index in [2.05, 4.69) is 4.98 Å². The predicted molar refractivity (Wildman–Crippen MR) is 73.1 cm³/mol. The van der Waals surface area contributed by atoms with Gasteiger partial charge in [-0.3, -0.25) is 14.5 Å². The number of carboxylic acid groups (broad SMARTS) is 1. The first-order chi connectivity index (χ1) is 8.81. The lowest BCUT2D eigenvalue weighted by atomic mass is 10.3. The van der Waals surface area contributed by atoms with Crippen LogP contribution >= 0.6 is 11.3 Å². The number of aromatic nitrogens is 1. The zero-order valence-corrected chi connectivity index (χ0v) is 12.4. The van der Waals surface area contributed by atoms with Crippen molar-refractivity contribution in [3.63, 3.8) is 0 Å². The van der Waals surface area contributed by atoms with E-state index in [1.165, 1.54) is 16.2 Å². The Hall–Kier alpha value is -1.47. The number of rotatable bonds is 6. The highest BCUT2D eigenvalue weighted by Crippen LogP contribution is 2.13. The van der Waals surface area contributed by atoms with E-state index < -0.39 is 12.0 Å². The molecule has 1 amide bonds. The van der Waals surface area contributed by atoms with Crippen LogP contribution in [0.1, 0.15) is 17.6 Å². The minimum Gasteiger partial charge on any atom is -0.480 e. The topological polar surface area (TPSA) is 73.7 Å². The molecule has 1 N–H and O–H groups in total. The van der Waals surface area contributed by atoms with Gasteiger partial charge in [-0.25, -0.2) is 4.98 Å². The molecule has 0 aliphatic carbocycles. The van der Waals surface area contributed by atoms with E-state index in [1.807, 2.05) is 5.38 Å². The summed E-state index contributed by atoms with van der Waals surface area (Å²) in [6, 6.07) is -0.562. The molecule has 0 bridgehead atoms. The van der Waals surface area contributed by atoms with Gasteiger partial charge in [-0.15, -0.1) is 11.3 Å². The van der Waals surface area contributed by atoms with Crippen LogP contribution in [0.2, 0.25) is 0 Å². The molecule has 0 aliphatic rings. The van der Waals surface area contributed by atoms with Gasteiger partial charge in [-0.2, -0.15) is 0 Å². The van der Waals surface area contributed by atoms with Gasteiger partial charge in [0, 0.05) is 26.0 Å². The lowest BCUT2D eigenvalue weighted by Crippen LogP contribution is -2.35. The summed E-state index contributed by atoms with van der Waals surface area (Å²) in [6.07, 6.45) is 0.288. The Morgan fingerprint density at radius 3 is 2.58 bits per heavy atom. The maximum atomic E-state index is 11.5. The smallest absolute Gasteiger partial charge is 0.320 e. The van der Waals surface area contributed by atoms with Crippen molar-refractivity contribution in [2.45, 2.75) is 25.9 Å². The van der Waals surface area contributed by atoms with Gasteiger partial charge in [0.15, 0.2) is 0 Å². The number of amides is 1. The lowest BCUT2D eigenvalue weighted by Gasteiger charge is -2.19. The standard InChI is InChI=1S/C12H19N3O3S/c1-8(12(17)18)15(4)6-9-7-19-10(13-9)5-11(16)14(2)3/h7-8H,5-6H2,1-4H3,(H,17,18). The highest BCUT2D eigenvalue weighted by atomic mass is 32.1. The molecule has 1 heterocycles. The highest BCUT2D eigenvalue weighted by molar-refractivity contribution is 7.09. The number of carbonyl (C=O) groups excluding carboxylic acids is 1. The minimum atomic E-state index is -0.860. The summed E-state index contributed by atoms with van der Waals surface area (Å²) < 4.78 is 0. The Morgan fingerprint density at radius 1 is 1.42 bits per heavy atom. The molecule has 106 valence electrons. The van der Waals surface area contributed by atoms with Crippen molar-refractivity contribution in [3.8, 4) is 0 Å². The fraction of sp³-hybridized carbons (Fsp3) is 0.583. The van der Waals surface area contributed by atoms with Gasteiger partial charge in [0.05, 0.1) is 12.1 Å². The van der Waals surface area contributed by atoms with E-state index in [0.29, 0.717) is 6.54 Å². The van der Waals surface area contributed by atoms with Crippen molar-refractivity contribution < 1.29 is 14.7 Å². The molecule has 1 rings (SSSR count). The minimum absolute atomic E-state index is 0.00755. The zero-order valence-electron chi connectivity index (χ0n) is 11.6. The number of hydrogen-bond acceptors (Lipinski definition) is 5. The van der Waals surface area contributed by atoms with Crippen LogP contribution in [0.3, 0.4) is 0 Å². The molecule has 19 heavy (non-hydrogen) atoms. The van der Waals surface area contributed by atoms with E-state index >= 15 is 0 Å². The van der Waals surface area contributed by atoms with Crippen molar-refractivity contribution in [3.05, 3.63) is 16.1 Å². The van der Waals surface area contributed by atoms with Crippen molar-refractivity contribution in [1.82, 2.24) is 14.8 Å². The first kappa shape index (κ1) is 15.6. The predicted octanol–water partition coefficient (Wildman–Crippen LogP) is 0.679. The summed E-state index contributed by atoms with van der Waals surface area (Å²) in [4.78, 5) is 30.0. The van der Waals surface area contributed by atoms with Crippen molar-refractivity contribution in [2.75, 3.05) is 21.1 Å². The van der Waals surface area contributed by atoms with E-state index in [1.54, 1.807) is 33.0 Å². The van der Waals surface area contributed by atoms with Crippen LogP contribution in [0, 0.1) is 0 Å². The molecule has 0 aromatic carbocycles. The molecule has 0 radical (unpaired) electrons. The van der Waals surface area contributed by atoms with Gasteiger partial charge in [0.2, 0.25) is 5.91 Å². The molecule has 0 spiro atoms. The molecule has 1 aromatic heterocycles. The molecule has 0 saturated carbocycles.